The zero-order valence-electron chi connectivity index (χ0n) is 13.1. The van der Waals surface area contributed by atoms with E-state index in [0.717, 1.165) is 12.8 Å². The summed E-state index contributed by atoms with van der Waals surface area (Å²) in [6, 6.07) is 4.86. The molecule has 0 spiro atoms. The molecule has 1 aliphatic rings. The second-order valence-corrected chi connectivity index (χ2v) is 5.63. The van der Waals surface area contributed by atoms with Crippen LogP contribution >= 0.6 is 0 Å². The van der Waals surface area contributed by atoms with Crippen LogP contribution in [0.4, 0.5) is 0 Å². The van der Waals surface area contributed by atoms with Crippen molar-refractivity contribution in [3.63, 3.8) is 0 Å². The summed E-state index contributed by atoms with van der Waals surface area (Å²) in [7, 11) is 0. The molecule has 0 unspecified atom stereocenters. The molecule has 1 fully saturated rings. The van der Waals surface area contributed by atoms with Crippen molar-refractivity contribution in [1.29, 1.82) is 0 Å². The van der Waals surface area contributed by atoms with E-state index in [-0.39, 0.29) is 17.5 Å². The van der Waals surface area contributed by atoms with E-state index < -0.39 is 0 Å². The van der Waals surface area contributed by atoms with Crippen LogP contribution in [0.3, 0.4) is 0 Å². The molecule has 122 valence electrons. The number of hydrogen-bond acceptors (Lipinski definition) is 5. The lowest BCUT2D eigenvalue weighted by Crippen LogP contribution is -2.32. The third kappa shape index (κ3) is 3.33. The number of aryl methyl sites for hydroxylation is 2. The highest BCUT2D eigenvalue weighted by atomic mass is 16.5. The topological polar surface area (TPSA) is 81.2 Å². The second kappa shape index (κ2) is 6.76. The summed E-state index contributed by atoms with van der Waals surface area (Å²) in [6.45, 7) is 3.03. The minimum absolute atomic E-state index is 0.0195. The summed E-state index contributed by atoms with van der Waals surface area (Å²) in [5.41, 5.74) is -0.0935. The third-order valence-corrected chi connectivity index (χ3v) is 4.12. The molecule has 0 saturated carbocycles. The summed E-state index contributed by atoms with van der Waals surface area (Å²) < 4.78 is 6.70. The van der Waals surface area contributed by atoms with Gasteiger partial charge in [-0.15, -0.1) is 0 Å². The number of nitrogens with zero attached hydrogens (tertiary/aromatic N) is 4. The van der Waals surface area contributed by atoms with E-state index in [2.05, 4.69) is 10.1 Å². The predicted octanol–water partition coefficient (Wildman–Crippen LogP) is 1.55. The summed E-state index contributed by atoms with van der Waals surface area (Å²) in [5, 5.41) is 4.00. The highest BCUT2D eigenvalue weighted by Gasteiger charge is 2.32. The molecule has 7 nitrogen and oxygen atoms in total. The van der Waals surface area contributed by atoms with Crippen LogP contribution < -0.4 is 5.56 Å². The van der Waals surface area contributed by atoms with Gasteiger partial charge in [-0.2, -0.15) is 4.98 Å². The summed E-state index contributed by atoms with van der Waals surface area (Å²) in [4.78, 5) is 30.3. The fourth-order valence-corrected chi connectivity index (χ4v) is 2.89. The molecule has 0 N–H and O–H groups in total. The van der Waals surface area contributed by atoms with Crippen molar-refractivity contribution in [2.24, 2.45) is 0 Å². The fourth-order valence-electron chi connectivity index (χ4n) is 2.89. The lowest BCUT2D eigenvalue weighted by atomic mass is 10.2. The van der Waals surface area contributed by atoms with E-state index in [9.17, 15) is 9.59 Å². The standard InChI is InChI=1S/C16H20N4O3/c1-2-13-17-16(18-23-13)12-6-5-10-20(12)15(22)8-11-19-9-4-3-7-14(19)21/h3-4,7,9,12H,2,5-6,8,10-11H2,1H3/t12-/m0/s1. The Morgan fingerprint density at radius 1 is 1.43 bits per heavy atom. The van der Waals surface area contributed by atoms with Crippen molar-refractivity contribution < 1.29 is 9.32 Å². The number of hydrogen-bond donors (Lipinski definition) is 0. The first-order valence-corrected chi connectivity index (χ1v) is 7.96. The number of likely N-dealkylation sites (tertiary alicyclic amines) is 1. The molecule has 1 aliphatic heterocycles. The van der Waals surface area contributed by atoms with Gasteiger partial charge in [0, 0.05) is 38.2 Å². The number of carbonyl (C=O) groups excluding carboxylic acids is 1. The average Bonchev–Trinajstić information content (AvgIpc) is 3.22. The molecule has 0 aliphatic carbocycles. The molecule has 2 aromatic heterocycles. The minimum atomic E-state index is -0.112. The van der Waals surface area contributed by atoms with Gasteiger partial charge in [0.05, 0.1) is 6.04 Å². The number of carbonyl (C=O) groups is 1. The van der Waals surface area contributed by atoms with Gasteiger partial charge in [0.2, 0.25) is 11.8 Å². The molecule has 0 aromatic carbocycles. The van der Waals surface area contributed by atoms with Gasteiger partial charge in [-0.3, -0.25) is 9.59 Å². The van der Waals surface area contributed by atoms with Gasteiger partial charge in [-0.25, -0.2) is 0 Å². The molecular formula is C16H20N4O3. The number of amides is 1. The van der Waals surface area contributed by atoms with Gasteiger partial charge in [0.25, 0.3) is 5.56 Å². The molecule has 3 rings (SSSR count). The molecule has 7 heteroatoms. The Hall–Kier alpha value is -2.44. The van der Waals surface area contributed by atoms with Crippen molar-refractivity contribution in [3.05, 3.63) is 46.5 Å². The van der Waals surface area contributed by atoms with Crippen LogP contribution in [0.2, 0.25) is 0 Å². The molecule has 0 bridgehead atoms. The average molecular weight is 316 g/mol. The molecule has 1 atom stereocenters. The number of aromatic nitrogens is 3. The quantitative estimate of drug-likeness (QED) is 0.836. The molecule has 2 aromatic rings. The Morgan fingerprint density at radius 3 is 3.04 bits per heavy atom. The first kappa shape index (κ1) is 15.5. The maximum Gasteiger partial charge on any atom is 0.250 e. The summed E-state index contributed by atoms with van der Waals surface area (Å²) in [6.07, 6.45) is 4.45. The smallest absolute Gasteiger partial charge is 0.250 e. The van der Waals surface area contributed by atoms with Crippen LogP contribution in [0, 0.1) is 0 Å². The Kier molecular flexibility index (Phi) is 4.55. The number of pyridine rings is 1. The first-order valence-electron chi connectivity index (χ1n) is 7.96. The van der Waals surface area contributed by atoms with Crippen molar-refractivity contribution in [2.75, 3.05) is 6.54 Å². The fraction of sp³-hybridized carbons (Fsp3) is 0.500. The lowest BCUT2D eigenvalue weighted by Gasteiger charge is -2.22. The highest BCUT2D eigenvalue weighted by molar-refractivity contribution is 5.76. The van der Waals surface area contributed by atoms with E-state index in [4.69, 9.17) is 4.52 Å². The van der Waals surface area contributed by atoms with Crippen molar-refractivity contribution in [2.45, 2.75) is 45.2 Å². The number of rotatable bonds is 5. The van der Waals surface area contributed by atoms with E-state index in [0.29, 0.717) is 37.6 Å². The Bertz CT molecular complexity index is 737. The largest absolute Gasteiger partial charge is 0.339 e. The predicted molar refractivity (Wildman–Crippen MR) is 82.7 cm³/mol. The molecule has 0 radical (unpaired) electrons. The maximum absolute atomic E-state index is 12.5. The van der Waals surface area contributed by atoms with Crippen LogP contribution in [0.1, 0.15) is 43.9 Å². The molecule has 1 saturated heterocycles. The van der Waals surface area contributed by atoms with E-state index >= 15 is 0 Å². The van der Waals surface area contributed by atoms with Crippen LogP contribution in [0.15, 0.2) is 33.7 Å². The van der Waals surface area contributed by atoms with Crippen LogP contribution in [-0.4, -0.2) is 32.1 Å². The molecule has 1 amide bonds. The van der Waals surface area contributed by atoms with E-state index in [1.165, 1.54) is 6.07 Å². The van der Waals surface area contributed by atoms with Gasteiger partial charge in [0.15, 0.2) is 5.82 Å². The molecular weight excluding hydrogens is 296 g/mol. The SMILES string of the molecule is CCc1nc([C@@H]2CCCN2C(=O)CCn2ccccc2=O)no1. The van der Waals surface area contributed by atoms with Crippen LogP contribution in [0.5, 0.6) is 0 Å². The highest BCUT2D eigenvalue weighted by Crippen LogP contribution is 2.30. The van der Waals surface area contributed by atoms with Gasteiger partial charge in [0.1, 0.15) is 0 Å². The van der Waals surface area contributed by atoms with Crippen molar-refractivity contribution in [3.8, 4) is 0 Å². The second-order valence-electron chi connectivity index (χ2n) is 5.63. The zero-order chi connectivity index (χ0) is 16.2. The van der Waals surface area contributed by atoms with Gasteiger partial charge >= 0.3 is 0 Å². The monoisotopic (exact) mass is 316 g/mol. The van der Waals surface area contributed by atoms with E-state index in [1.54, 1.807) is 27.8 Å². The third-order valence-electron chi connectivity index (χ3n) is 4.12. The van der Waals surface area contributed by atoms with Gasteiger partial charge in [-0.1, -0.05) is 18.1 Å². The zero-order valence-corrected chi connectivity index (χ0v) is 13.1. The molecule has 23 heavy (non-hydrogen) atoms. The normalized spacial score (nSPS) is 17.6. The van der Waals surface area contributed by atoms with Crippen LogP contribution in [-0.2, 0) is 17.8 Å². The van der Waals surface area contributed by atoms with Crippen LogP contribution in [0.25, 0.3) is 0 Å². The minimum Gasteiger partial charge on any atom is -0.339 e. The van der Waals surface area contributed by atoms with Gasteiger partial charge in [-0.05, 0) is 18.9 Å². The maximum atomic E-state index is 12.5. The Balaban J connectivity index is 1.66. The van der Waals surface area contributed by atoms with E-state index in [1.807, 2.05) is 6.92 Å². The van der Waals surface area contributed by atoms with Crippen molar-refractivity contribution in [1.82, 2.24) is 19.6 Å². The Morgan fingerprint density at radius 2 is 2.30 bits per heavy atom. The van der Waals surface area contributed by atoms with Gasteiger partial charge < -0.3 is 14.0 Å². The lowest BCUT2D eigenvalue weighted by molar-refractivity contribution is -0.132. The summed E-state index contributed by atoms with van der Waals surface area (Å²) >= 11 is 0. The summed E-state index contributed by atoms with van der Waals surface area (Å²) in [5.74, 6) is 1.20. The Labute approximate surface area is 133 Å². The molecule has 3 heterocycles. The first-order chi connectivity index (χ1) is 11.2. The van der Waals surface area contributed by atoms with Crippen molar-refractivity contribution >= 4 is 5.91 Å².